The van der Waals surface area contributed by atoms with Gasteiger partial charge in [0.15, 0.2) is 0 Å². The average Bonchev–Trinajstić information content (AvgIpc) is 2.76. The van der Waals surface area contributed by atoms with Gasteiger partial charge in [-0.2, -0.15) is 13.2 Å². The number of carbonyl (C=O) groups excluding carboxylic acids is 1. The molecular formula is C24H25F4N3O3S. The number of unbranched alkanes of at least 4 members (excludes halogenated alkanes) is 2. The smallest absolute Gasteiger partial charge is 0.348 e. The first kappa shape index (κ1) is 27.9. The summed E-state index contributed by atoms with van der Waals surface area (Å²) in [6.45, 7) is 1.85. The molecule has 2 N–H and O–H groups in total. The van der Waals surface area contributed by atoms with Gasteiger partial charge in [-0.25, -0.2) is 17.8 Å². The SMILES string of the molecule is C#Cc1cc(CNC(=O)/C=C/c2ccc(C(F)(F)F)nc2CCCCC)cc(F)c1NS(C)(=O)=O. The van der Waals surface area contributed by atoms with Crippen LogP contribution in [0.5, 0.6) is 0 Å². The lowest BCUT2D eigenvalue weighted by molar-refractivity contribution is -0.141. The lowest BCUT2D eigenvalue weighted by Crippen LogP contribution is -2.21. The van der Waals surface area contributed by atoms with E-state index in [-0.39, 0.29) is 29.1 Å². The van der Waals surface area contributed by atoms with Gasteiger partial charge in [-0.3, -0.25) is 9.52 Å². The zero-order valence-electron chi connectivity index (χ0n) is 19.2. The van der Waals surface area contributed by atoms with Gasteiger partial charge in [0.1, 0.15) is 11.5 Å². The summed E-state index contributed by atoms with van der Waals surface area (Å²) in [7, 11) is -3.76. The molecule has 0 unspecified atom stereocenters. The number of halogens is 4. The normalized spacial score (nSPS) is 11.9. The van der Waals surface area contributed by atoms with Crippen molar-refractivity contribution in [3.63, 3.8) is 0 Å². The fraction of sp³-hybridized carbons (Fsp3) is 0.333. The maximum atomic E-state index is 14.4. The van der Waals surface area contributed by atoms with Crippen molar-refractivity contribution < 1.29 is 30.8 Å². The van der Waals surface area contributed by atoms with E-state index in [2.05, 4.69) is 16.2 Å². The topological polar surface area (TPSA) is 88.2 Å². The van der Waals surface area contributed by atoms with Crippen LogP contribution in [0.25, 0.3) is 6.08 Å². The number of hydrogen-bond donors (Lipinski definition) is 2. The standard InChI is InChI=1S/C24H25F4N3O3S/c1-4-6-7-8-20-18(9-11-21(30-20)24(26,27)28)10-12-22(32)29-15-16-13-17(5-2)23(19(25)14-16)31-35(3,33)34/h2,9-14,31H,4,6-8,15H2,1,3H3,(H,29,32)/b12-10+. The van der Waals surface area contributed by atoms with Gasteiger partial charge >= 0.3 is 6.18 Å². The molecule has 0 fully saturated rings. The predicted molar refractivity (Wildman–Crippen MR) is 126 cm³/mol. The van der Waals surface area contributed by atoms with Crippen LogP contribution in [0.1, 0.15) is 54.3 Å². The Bertz CT molecular complexity index is 1250. The first-order valence-electron chi connectivity index (χ1n) is 10.6. The maximum absolute atomic E-state index is 14.4. The Morgan fingerprint density at radius 3 is 2.54 bits per heavy atom. The number of nitrogens with zero attached hydrogens (tertiary/aromatic N) is 1. The van der Waals surface area contributed by atoms with Crippen LogP contribution < -0.4 is 10.0 Å². The van der Waals surface area contributed by atoms with Crippen LogP contribution in [0.3, 0.4) is 0 Å². The zero-order valence-corrected chi connectivity index (χ0v) is 20.0. The van der Waals surface area contributed by atoms with Gasteiger partial charge in [0.05, 0.1) is 17.5 Å². The Kier molecular flexibility index (Phi) is 9.42. The highest BCUT2D eigenvalue weighted by Gasteiger charge is 2.32. The van der Waals surface area contributed by atoms with Crippen molar-refractivity contribution >= 4 is 27.7 Å². The van der Waals surface area contributed by atoms with E-state index in [0.717, 1.165) is 37.3 Å². The molecule has 0 aliphatic rings. The molecule has 35 heavy (non-hydrogen) atoms. The van der Waals surface area contributed by atoms with Gasteiger partial charge in [-0.05, 0) is 48.2 Å². The molecule has 1 aromatic heterocycles. The van der Waals surface area contributed by atoms with Crippen LogP contribution in [0.2, 0.25) is 0 Å². The fourth-order valence-corrected chi connectivity index (χ4v) is 3.72. The van der Waals surface area contributed by atoms with E-state index in [1.807, 2.05) is 11.6 Å². The highest BCUT2D eigenvalue weighted by molar-refractivity contribution is 7.92. The van der Waals surface area contributed by atoms with E-state index in [0.29, 0.717) is 18.4 Å². The largest absolute Gasteiger partial charge is 0.433 e. The summed E-state index contributed by atoms with van der Waals surface area (Å²) in [6.07, 6.45) is 6.85. The van der Waals surface area contributed by atoms with Crippen LogP contribution in [0.4, 0.5) is 23.2 Å². The van der Waals surface area contributed by atoms with Crippen molar-refractivity contribution in [2.24, 2.45) is 0 Å². The minimum atomic E-state index is -4.57. The summed E-state index contributed by atoms with van der Waals surface area (Å²) < 4.78 is 78.3. The molecule has 188 valence electrons. The Morgan fingerprint density at radius 1 is 1.23 bits per heavy atom. The van der Waals surface area contributed by atoms with Crippen molar-refractivity contribution in [1.29, 1.82) is 0 Å². The number of nitrogens with one attached hydrogen (secondary N) is 2. The second kappa shape index (κ2) is 11.8. The summed E-state index contributed by atoms with van der Waals surface area (Å²) >= 11 is 0. The number of sulfonamides is 1. The van der Waals surface area contributed by atoms with Crippen LogP contribution >= 0.6 is 0 Å². The van der Waals surface area contributed by atoms with Crippen LogP contribution in [0.15, 0.2) is 30.3 Å². The number of alkyl halides is 3. The lowest BCUT2D eigenvalue weighted by atomic mass is 10.1. The van der Waals surface area contributed by atoms with Crippen LogP contribution in [-0.2, 0) is 34.0 Å². The highest BCUT2D eigenvalue weighted by atomic mass is 32.2. The lowest BCUT2D eigenvalue weighted by Gasteiger charge is -2.11. The zero-order chi connectivity index (χ0) is 26.2. The molecule has 1 aromatic carbocycles. The fourth-order valence-electron chi connectivity index (χ4n) is 3.15. The summed E-state index contributed by atoms with van der Waals surface area (Å²) in [4.78, 5) is 16.0. The Morgan fingerprint density at radius 2 is 1.94 bits per heavy atom. The van der Waals surface area contributed by atoms with Gasteiger partial charge in [-0.1, -0.05) is 31.8 Å². The number of anilines is 1. The Balaban J connectivity index is 2.15. The molecule has 11 heteroatoms. The first-order valence-corrected chi connectivity index (χ1v) is 12.5. The second-order valence-electron chi connectivity index (χ2n) is 7.76. The van der Waals surface area contributed by atoms with Crippen LogP contribution in [-0.4, -0.2) is 25.6 Å². The molecule has 0 atom stereocenters. The monoisotopic (exact) mass is 511 g/mol. The van der Waals surface area contributed by atoms with Crippen molar-refractivity contribution in [2.75, 3.05) is 11.0 Å². The molecule has 1 amide bonds. The molecule has 0 radical (unpaired) electrons. The minimum absolute atomic E-state index is 0.0391. The molecule has 0 spiro atoms. The summed E-state index contributed by atoms with van der Waals surface area (Å²) in [5.41, 5.74) is -0.482. The number of carbonyl (C=O) groups is 1. The van der Waals surface area contributed by atoms with Crippen molar-refractivity contribution in [3.8, 4) is 12.3 Å². The minimum Gasteiger partial charge on any atom is -0.348 e. The number of benzene rings is 1. The molecule has 0 saturated carbocycles. The molecule has 0 aliphatic carbocycles. The third-order valence-corrected chi connectivity index (χ3v) is 5.37. The number of amides is 1. The highest BCUT2D eigenvalue weighted by Crippen LogP contribution is 2.29. The number of terminal acetylenes is 1. The second-order valence-corrected chi connectivity index (χ2v) is 9.51. The third-order valence-electron chi connectivity index (χ3n) is 4.79. The molecule has 0 bridgehead atoms. The Labute approximate surface area is 201 Å². The van der Waals surface area contributed by atoms with Gasteiger partial charge in [0, 0.05) is 18.3 Å². The molecular weight excluding hydrogens is 486 g/mol. The maximum Gasteiger partial charge on any atom is 0.433 e. The summed E-state index contributed by atoms with van der Waals surface area (Å²) in [5.74, 6) is 0.712. The van der Waals surface area contributed by atoms with Gasteiger partial charge in [0.25, 0.3) is 0 Å². The van der Waals surface area contributed by atoms with Crippen molar-refractivity contribution in [1.82, 2.24) is 10.3 Å². The van der Waals surface area contributed by atoms with Gasteiger partial charge < -0.3 is 5.32 Å². The molecule has 6 nitrogen and oxygen atoms in total. The average molecular weight is 512 g/mol. The van der Waals surface area contributed by atoms with E-state index < -0.39 is 33.6 Å². The van der Waals surface area contributed by atoms with E-state index in [4.69, 9.17) is 6.42 Å². The van der Waals surface area contributed by atoms with Gasteiger partial charge in [0.2, 0.25) is 15.9 Å². The van der Waals surface area contributed by atoms with Crippen molar-refractivity contribution in [2.45, 2.75) is 45.3 Å². The molecule has 1 heterocycles. The number of hydrogen-bond acceptors (Lipinski definition) is 4. The van der Waals surface area contributed by atoms with Crippen LogP contribution in [0, 0.1) is 18.2 Å². The first-order chi connectivity index (χ1) is 16.3. The Hall–Kier alpha value is -3.39. The van der Waals surface area contributed by atoms with Crippen molar-refractivity contribution in [3.05, 3.63) is 64.2 Å². The molecule has 0 aliphatic heterocycles. The van der Waals surface area contributed by atoms with E-state index >= 15 is 0 Å². The number of aryl methyl sites for hydroxylation is 1. The van der Waals surface area contributed by atoms with E-state index in [9.17, 15) is 30.8 Å². The summed E-state index contributed by atoms with van der Waals surface area (Å²) in [5, 5.41) is 2.52. The third kappa shape index (κ3) is 8.72. The number of rotatable bonds is 10. The number of aromatic nitrogens is 1. The molecule has 0 saturated heterocycles. The van der Waals surface area contributed by atoms with Gasteiger partial charge in [-0.15, -0.1) is 6.42 Å². The summed E-state index contributed by atoms with van der Waals surface area (Å²) in [6, 6.07) is 4.51. The predicted octanol–water partition coefficient (Wildman–Crippen LogP) is 4.65. The molecule has 2 rings (SSSR count). The van der Waals surface area contributed by atoms with E-state index in [1.54, 1.807) is 0 Å². The molecule has 2 aromatic rings. The quantitative estimate of drug-likeness (QED) is 0.210. The number of pyridine rings is 1. The van der Waals surface area contributed by atoms with E-state index in [1.165, 1.54) is 18.2 Å².